The SMILES string of the molecule is COc1ccc(-c2oc3c(C)cc(C)cc3c(=O)c2OC(=O)c2cc3ccccc3o2)cc1. The van der Waals surface area contributed by atoms with Crippen molar-refractivity contribution in [2.75, 3.05) is 7.11 Å². The average Bonchev–Trinajstić information content (AvgIpc) is 3.26. The van der Waals surface area contributed by atoms with Gasteiger partial charge in [-0.05, 0) is 67.4 Å². The molecule has 5 rings (SSSR count). The zero-order valence-electron chi connectivity index (χ0n) is 18.3. The minimum Gasteiger partial charge on any atom is -0.497 e. The van der Waals surface area contributed by atoms with E-state index in [4.69, 9.17) is 18.3 Å². The lowest BCUT2D eigenvalue weighted by Crippen LogP contribution is -2.16. The number of carbonyl (C=O) groups is 1. The van der Waals surface area contributed by atoms with E-state index in [1.165, 1.54) is 0 Å². The van der Waals surface area contributed by atoms with Gasteiger partial charge in [-0.15, -0.1) is 0 Å². The van der Waals surface area contributed by atoms with Crippen molar-refractivity contribution in [3.05, 3.63) is 93.8 Å². The van der Waals surface area contributed by atoms with E-state index in [2.05, 4.69) is 0 Å². The molecule has 2 aromatic heterocycles. The highest BCUT2D eigenvalue weighted by atomic mass is 16.6. The fraction of sp³-hybridized carbons (Fsp3) is 0.111. The van der Waals surface area contributed by atoms with Crippen LogP contribution in [0.3, 0.4) is 0 Å². The van der Waals surface area contributed by atoms with Gasteiger partial charge in [-0.3, -0.25) is 4.79 Å². The Morgan fingerprint density at radius 1 is 0.909 bits per heavy atom. The number of methoxy groups -OCH3 is 1. The minimum absolute atomic E-state index is 0.00296. The predicted molar refractivity (Wildman–Crippen MR) is 125 cm³/mol. The number of rotatable bonds is 4. The zero-order chi connectivity index (χ0) is 23.1. The second-order valence-electron chi connectivity index (χ2n) is 7.81. The Hall–Kier alpha value is -4.32. The van der Waals surface area contributed by atoms with Gasteiger partial charge in [0.1, 0.15) is 16.9 Å². The van der Waals surface area contributed by atoms with Crippen LogP contribution in [0.1, 0.15) is 21.7 Å². The lowest BCUT2D eigenvalue weighted by molar-refractivity contribution is 0.0700. The summed E-state index contributed by atoms with van der Waals surface area (Å²) in [6.45, 7) is 3.76. The first-order chi connectivity index (χ1) is 15.9. The Morgan fingerprint density at radius 3 is 2.39 bits per heavy atom. The molecule has 0 aliphatic carbocycles. The van der Waals surface area contributed by atoms with Gasteiger partial charge in [0.2, 0.25) is 16.9 Å². The molecular weight excluding hydrogens is 420 g/mol. The van der Waals surface area contributed by atoms with Crippen LogP contribution >= 0.6 is 0 Å². The Labute approximate surface area is 189 Å². The Balaban J connectivity index is 1.68. The molecule has 0 atom stereocenters. The third-order valence-electron chi connectivity index (χ3n) is 5.45. The van der Waals surface area contributed by atoms with Gasteiger partial charge in [-0.2, -0.15) is 0 Å². The summed E-state index contributed by atoms with van der Waals surface area (Å²) in [4.78, 5) is 26.5. The minimum atomic E-state index is -0.781. The van der Waals surface area contributed by atoms with Crippen molar-refractivity contribution in [3.8, 4) is 22.8 Å². The Bertz CT molecular complexity index is 1540. The summed E-state index contributed by atoms with van der Waals surface area (Å²) >= 11 is 0. The van der Waals surface area contributed by atoms with E-state index in [-0.39, 0.29) is 17.3 Å². The zero-order valence-corrected chi connectivity index (χ0v) is 18.3. The van der Waals surface area contributed by atoms with E-state index < -0.39 is 11.4 Å². The molecule has 6 heteroatoms. The van der Waals surface area contributed by atoms with Crippen LogP contribution in [0.25, 0.3) is 33.3 Å². The number of fused-ring (bicyclic) bond motifs is 2. The molecule has 5 aromatic rings. The third kappa shape index (κ3) is 3.65. The van der Waals surface area contributed by atoms with Crippen LogP contribution in [-0.2, 0) is 0 Å². The second kappa shape index (κ2) is 7.98. The molecule has 6 nitrogen and oxygen atoms in total. The number of carbonyl (C=O) groups excluding carboxylic acids is 1. The number of aryl methyl sites for hydroxylation is 2. The first-order valence-electron chi connectivity index (χ1n) is 10.4. The standard InChI is InChI=1S/C27H20O6/c1-15-12-16(2)24-20(13-15)23(28)26(25(32-24)17-8-10-19(30-3)11-9-17)33-27(29)22-14-18-6-4-5-7-21(18)31-22/h4-14H,1-3H3. The number of furan rings is 1. The van der Waals surface area contributed by atoms with E-state index in [0.717, 1.165) is 16.5 Å². The summed E-state index contributed by atoms with van der Waals surface area (Å²) < 4.78 is 22.6. The molecule has 0 fully saturated rings. The van der Waals surface area contributed by atoms with Crippen LogP contribution in [0.5, 0.6) is 11.5 Å². The van der Waals surface area contributed by atoms with Crippen LogP contribution in [0, 0.1) is 13.8 Å². The molecule has 0 aliphatic heterocycles. The van der Waals surface area contributed by atoms with Crippen molar-refractivity contribution < 1.29 is 23.1 Å². The normalized spacial score (nSPS) is 11.1. The van der Waals surface area contributed by atoms with Crippen molar-refractivity contribution >= 4 is 27.9 Å². The van der Waals surface area contributed by atoms with E-state index >= 15 is 0 Å². The van der Waals surface area contributed by atoms with Gasteiger partial charge >= 0.3 is 5.97 Å². The van der Waals surface area contributed by atoms with Gasteiger partial charge < -0.3 is 18.3 Å². The molecule has 0 N–H and O–H groups in total. The lowest BCUT2D eigenvalue weighted by atomic mass is 10.1. The molecule has 164 valence electrons. The van der Waals surface area contributed by atoms with Gasteiger partial charge in [0.25, 0.3) is 0 Å². The van der Waals surface area contributed by atoms with E-state index in [0.29, 0.717) is 27.9 Å². The number of esters is 1. The van der Waals surface area contributed by atoms with Gasteiger partial charge in [-0.25, -0.2) is 4.79 Å². The van der Waals surface area contributed by atoms with Crippen LogP contribution < -0.4 is 14.9 Å². The van der Waals surface area contributed by atoms with Crippen molar-refractivity contribution in [3.63, 3.8) is 0 Å². The van der Waals surface area contributed by atoms with E-state index in [1.807, 2.05) is 38.1 Å². The van der Waals surface area contributed by atoms with Crippen LogP contribution in [0.15, 0.2) is 80.4 Å². The number of benzene rings is 3. The summed E-state index contributed by atoms with van der Waals surface area (Å²) in [7, 11) is 1.57. The Kier molecular flexibility index (Phi) is 4.98. The van der Waals surface area contributed by atoms with Crippen molar-refractivity contribution in [1.29, 1.82) is 0 Å². The molecule has 0 saturated heterocycles. The van der Waals surface area contributed by atoms with Crippen LogP contribution in [-0.4, -0.2) is 13.1 Å². The first-order valence-corrected chi connectivity index (χ1v) is 10.4. The molecular formula is C27H20O6. The third-order valence-corrected chi connectivity index (χ3v) is 5.45. The fourth-order valence-corrected chi connectivity index (χ4v) is 3.88. The molecule has 33 heavy (non-hydrogen) atoms. The molecule has 3 aromatic carbocycles. The second-order valence-corrected chi connectivity index (χ2v) is 7.81. The topological polar surface area (TPSA) is 78.9 Å². The maximum absolute atomic E-state index is 13.5. The number of hydrogen-bond acceptors (Lipinski definition) is 6. The van der Waals surface area contributed by atoms with Gasteiger partial charge in [-0.1, -0.05) is 24.3 Å². The van der Waals surface area contributed by atoms with Gasteiger partial charge in [0, 0.05) is 10.9 Å². The summed E-state index contributed by atoms with van der Waals surface area (Å²) in [5.41, 5.74) is 2.85. The van der Waals surface area contributed by atoms with Gasteiger partial charge in [0.15, 0.2) is 5.76 Å². The molecule has 0 aliphatic rings. The highest BCUT2D eigenvalue weighted by Gasteiger charge is 2.24. The van der Waals surface area contributed by atoms with Crippen molar-refractivity contribution in [2.24, 2.45) is 0 Å². The quantitative estimate of drug-likeness (QED) is 0.317. The molecule has 2 heterocycles. The van der Waals surface area contributed by atoms with Gasteiger partial charge in [0.05, 0.1) is 12.5 Å². The molecule has 0 saturated carbocycles. The Morgan fingerprint density at radius 2 is 1.67 bits per heavy atom. The maximum Gasteiger partial charge on any atom is 0.379 e. The summed E-state index contributed by atoms with van der Waals surface area (Å²) in [5, 5.41) is 1.11. The van der Waals surface area contributed by atoms with E-state index in [9.17, 15) is 9.59 Å². The maximum atomic E-state index is 13.5. The van der Waals surface area contributed by atoms with Crippen LogP contribution in [0.4, 0.5) is 0 Å². The molecule has 0 unspecified atom stereocenters. The first kappa shape index (κ1) is 20.6. The number of hydrogen-bond donors (Lipinski definition) is 0. The smallest absolute Gasteiger partial charge is 0.379 e. The lowest BCUT2D eigenvalue weighted by Gasteiger charge is -2.12. The van der Waals surface area contributed by atoms with Crippen molar-refractivity contribution in [2.45, 2.75) is 13.8 Å². The number of ether oxygens (including phenoxy) is 2. The molecule has 0 radical (unpaired) electrons. The summed E-state index contributed by atoms with van der Waals surface area (Å²) in [6, 6.07) is 19.5. The largest absolute Gasteiger partial charge is 0.497 e. The van der Waals surface area contributed by atoms with E-state index in [1.54, 1.807) is 49.6 Å². The van der Waals surface area contributed by atoms with Crippen LogP contribution in [0.2, 0.25) is 0 Å². The summed E-state index contributed by atoms with van der Waals surface area (Å²) in [6.07, 6.45) is 0. The predicted octanol–water partition coefficient (Wildman–Crippen LogP) is 6.05. The molecule has 0 spiro atoms. The average molecular weight is 440 g/mol. The highest BCUT2D eigenvalue weighted by molar-refractivity contribution is 5.95. The molecule has 0 amide bonds. The fourth-order valence-electron chi connectivity index (χ4n) is 3.88. The monoisotopic (exact) mass is 440 g/mol. The van der Waals surface area contributed by atoms with Crippen molar-refractivity contribution in [1.82, 2.24) is 0 Å². The highest BCUT2D eigenvalue weighted by Crippen LogP contribution is 2.34. The summed E-state index contributed by atoms with van der Waals surface area (Å²) in [5.74, 6) is -0.169. The molecule has 0 bridgehead atoms. The number of para-hydroxylation sites is 1.